The van der Waals surface area contributed by atoms with Gasteiger partial charge in [0.2, 0.25) is 0 Å². The van der Waals surface area contributed by atoms with Crippen molar-refractivity contribution in [2.24, 2.45) is 15.1 Å². The van der Waals surface area contributed by atoms with Crippen molar-refractivity contribution in [1.29, 1.82) is 0 Å². The molecule has 0 aromatic heterocycles. The molecule has 0 saturated carbocycles. The third kappa shape index (κ3) is 3.63. The number of hydrazine groups is 1. The van der Waals surface area contributed by atoms with E-state index in [1.807, 2.05) is 50.3 Å². The number of allylic oxidation sites excluding steroid dienone is 7. The fraction of sp³-hybridized carbons (Fsp3) is 0.167. The first-order valence-corrected chi connectivity index (χ1v) is 7.29. The van der Waals surface area contributed by atoms with Crippen LogP contribution < -0.4 is 5.53 Å². The maximum atomic E-state index is 4.51. The molecule has 0 unspecified atom stereocenters. The Labute approximate surface area is 137 Å². The van der Waals surface area contributed by atoms with Crippen molar-refractivity contribution >= 4 is 18.1 Å². The van der Waals surface area contributed by atoms with Crippen LogP contribution in [0.3, 0.4) is 0 Å². The maximum Gasteiger partial charge on any atom is 0.161 e. The summed E-state index contributed by atoms with van der Waals surface area (Å²) in [7, 11) is 0. The highest BCUT2D eigenvalue weighted by atomic mass is 15.7. The second-order valence-corrected chi connectivity index (χ2v) is 5.14. The van der Waals surface area contributed by atoms with Crippen molar-refractivity contribution in [3.8, 4) is 0 Å². The monoisotopic (exact) mass is 307 g/mol. The number of rotatable bonds is 5. The smallest absolute Gasteiger partial charge is 0.161 e. The van der Waals surface area contributed by atoms with E-state index in [1.165, 1.54) is 6.20 Å². The molecule has 0 aromatic rings. The molecule has 5 heteroatoms. The third-order valence-electron chi connectivity index (χ3n) is 3.52. The van der Waals surface area contributed by atoms with E-state index in [-0.39, 0.29) is 0 Å². The zero-order chi connectivity index (χ0) is 16.8. The van der Waals surface area contributed by atoms with Crippen molar-refractivity contribution in [2.45, 2.75) is 20.8 Å². The Morgan fingerprint density at radius 3 is 2.78 bits per heavy atom. The van der Waals surface area contributed by atoms with E-state index in [0.717, 1.165) is 33.8 Å². The maximum absolute atomic E-state index is 4.51. The van der Waals surface area contributed by atoms with Gasteiger partial charge in [-0.2, -0.15) is 5.10 Å². The van der Waals surface area contributed by atoms with E-state index in [2.05, 4.69) is 33.8 Å². The van der Waals surface area contributed by atoms with E-state index >= 15 is 0 Å². The minimum atomic E-state index is 0.813. The highest BCUT2D eigenvalue weighted by molar-refractivity contribution is 6.10. The lowest BCUT2D eigenvalue weighted by molar-refractivity contribution is 0.333. The fourth-order valence-electron chi connectivity index (χ4n) is 2.19. The summed E-state index contributed by atoms with van der Waals surface area (Å²) in [5.74, 6) is 0.813. The van der Waals surface area contributed by atoms with Gasteiger partial charge in [0.15, 0.2) is 5.82 Å². The summed E-state index contributed by atoms with van der Waals surface area (Å²) in [6, 6.07) is 0. The molecule has 0 saturated heterocycles. The first kappa shape index (κ1) is 16.4. The Kier molecular flexibility index (Phi) is 5.25. The molecule has 2 aliphatic rings. The molecule has 2 heterocycles. The summed E-state index contributed by atoms with van der Waals surface area (Å²) in [5.41, 5.74) is 7.83. The van der Waals surface area contributed by atoms with Crippen LogP contribution in [-0.2, 0) is 0 Å². The van der Waals surface area contributed by atoms with Crippen LogP contribution in [0.25, 0.3) is 0 Å². The predicted molar refractivity (Wildman–Crippen MR) is 98.1 cm³/mol. The van der Waals surface area contributed by atoms with Crippen LogP contribution in [0.15, 0.2) is 87.0 Å². The zero-order valence-corrected chi connectivity index (χ0v) is 13.7. The molecule has 0 radical (unpaired) electrons. The van der Waals surface area contributed by atoms with Crippen LogP contribution in [0.4, 0.5) is 0 Å². The van der Waals surface area contributed by atoms with E-state index < -0.39 is 0 Å². The largest absolute Gasteiger partial charge is 0.257 e. The number of nitrogens with zero attached hydrogens (tertiary/aromatic N) is 4. The Balaban J connectivity index is 2.50. The molecule has 118 valence electrons. The number of nitrogens with one attached hydrogen (secondary N) is 1. The van der Waals surface area contributed by atoms with Crippen LogP contribution in [-0.4, -0.2) is 23.1 Å². The lowest BCUT2D eigenvalue weighted by Crippen LogP contribution is -2.34. The average Bonchev–Trinajstić information content (AvgIpc) is 2.56. The van der Waals surface area contributed by atoms with Gasteiger partial charge >= 0.3 is 0 Å². The third-order valence-corrected chi connectivity index (χ3v) is 3.52. The number of fused-ring (bicyclic) bond motifs is 1. The minimum absolute atomic E-state index is 0.813. The molecular weight excluding hydrogens is 286 g/mol. The van der Waals surface area contributed by atoms with Gasteiger partial charge in [-0.25, -0.2) is 15.5 Å². The molecule has 1 N–H and O–H groups in total. The predicted octanol–water partition coefficient (Wildman–Crippen LogP) is 3.66. The molecule has 0 spiro atoms. The Hall–Kier alpha value is -2.95. The Morgan fingerprint density at radius 1 is 1.30 bits per heavy atom. The molecule has 0 amide bonds. The number of hydrogen-bond acceptors (Lipinski definition) is 5. The first-order chi connectivity index (χ1) is 11.1. The SMILES string of the molecule is C=C\C=C/C(=N/C=C)C(/C)=C(\C)C1=C2N=CC(C)=CN2NN=C1. The standard InChI is InChI=1S/C18H21N5/c1-6-8-9-17(19-7-2)15(5)14(4)16-11-21-22-23-12-13(3)10-20-18(16)23/h6-12,22H,1-2H2,3-5H3/b9-8-,15-14+,19-17-. The van der Waals surface area contributed by atoms with Gasteiger partial charge in [0.25, 0.3) is 0 Å². The van der Waals surface area contributed by atoms with Crippen LogP contribution in [0, 0.1) is 0 Å². The number of hydrazone groups is 1. The normalized spacial score (nSPS) is 18.5. The van der Waals surface area contributed by atoms with Crippen molar-refractivity contribution in [1.82, 2.24) is 10.5 Å². The topological polar surface area (TPSA) is 52.4 Å². The quantitative estimate of drug-likeness (QED) is 0.622. The lowest BCUT2D eigenvalue weighted by Gasteiger charge is -2.28. The van der Waals surface area contributed by atoms with Gasteiger partial charge < -0.3 is 0 Å². The van der Waals surface area contributed by atoms with E-state index in [0.29, 0.717) is 0 Å². The van der Waals surface area contributed by atoms with Gasteiger partial charge in [-0.3, -0.25) is 4.99 Å². The van der Waals surface area contributed by atoms with Crippen LogP contribution in [0.2, 0.25) is 0 Å². The summed E-state index contributed by atoms with van der Waals surface area (Å²) < 4.78 is 0. The fourth-order valence-corrected chi connectivity index (χ4v) is 2.19. The van der Waals surface area contributed by atoms with Crippen molar-refractivity contribution in [3.05, 3.63) is 71.9 Å². The molecule has 0 aliphatic carbocycles. The summed E-state index contributed by atoms with van der Waals surface area (Å²) in [6.45, 7) is 13.4. The van der Waals surface area contributed by atoms with Crippen molar-refractivity contribution < 1.29 is 0 Å². The van der Waals surface area contributed by atoms with Gasteiger partial charge in [-0.15, -0.1) is 0 Å². The van der Waals surface area contributed by atoms with E-state index in [4.69, 9.17) is 0 Å². The van der Waals surface area contributed by atoms with Gasteiger partial charge in [0, 0.05) is 24.2 Å². The molecule has 2 rings (SSSR count). The Bertz CT molecular complexity index is 727. The minimum Gasteiger partial charge on any atom is -0.257 e. The van der Waals surface area contributed by atoms with Gasteiger partial charge in [-0.1, -0.05) is 25.3 Å². The molecule has 0 bridgehead atoms. The molecule has 0 aromatic carbocycles. The van der Waals surface area contributed by atoms with Gasteiger partial charge in [0.1, 0.15) is 0 Å². The molecule has 23 heavy (non-hydrogen) atoms. The summed E-state index contributed by atoms with van der Waals surface area (Å²) in [4.78, 5) is 8.85. The number of aliphatic imine (C=N–C) groups is 2. The molecule has 5 nitrogen and oxygen atoms in total. The highest BCUT2D eigenvalue weighted by Crippen LogP contribution is 2.25. The first-order valence-electron chi connectivity index (χ1n) is 7.29. The molecular formula is C18H21N5. The van der Waals surface area contributed by atoms with Crippen molar-refractivity contribution in [2.75, 3.05) is 0 Å². The highest BCUT2D eigenvalue weighted by Gasteiger charge is 2.20. The summed E-state index contributed by atoms with van der Waals surface area (Å²) in [5, 5.41) is 6.01. The van der Waals surface area contributed by atoms with Crippen LogP contribution in [0.5, 0.6) is 0 Å². The van der Waals surface area contributed by atoms with Gasteiger partial charge in [0.05, 0.1) is 11.9 Å². The Morgan fingerprint density at radius 2 is 2.09 bits per heavy atom. The summed E-state index contributed by atoms with van der Waals surface area (Å²) in [6.07, 6.45) is 12.6. The molecule has 0 fully saturated rings. The molecule has 2 aliphatic heterocycles. The zero-order valence-electron chi connectivity index (χ0n) is 13.7. The van der Waals surface area contributed by atoms with Crippen LogP contribution >= 0.6 is 0 Å². The number of hydrogen-bond donors (Lipinski definition) is 1. The van der Waals surface area contributed by atoms with E-state index in [9.17, 15) is 0 Å². The van der Waals surface area contributed by atoms with Crippen LogP contribution in [0.1, 0.15) is 20.8 Å². The van der Waals surface area contributed by atoms with E-state index in [1.54, 1.807) is 12.3 Å². The second-order valence-electron chi connectivity index (χ2n) is 5.14. The average molecular weight is 307 g/mol. The summed E-state index contributed by atoms with van der Waals surface area (Å²) >= 11 is 0. The molecule has 0 atom stereocenters. The second kappa shape index (κ2) is 7.35. The lowest BCUT2D eigenvalue weighted by atomic mass is 9.98. The van der Waals surface area contributed by atoms with Gasteiger partial charge in [-0.05, 0) is 43.6 Å². The van der Waals surface area contributed by atoms with Crippen molar-refractivity contribution in [3.63, 3.8) is 0 Å².